The minimum atomic E-state index is 0.360. The number of aromatic nitrogens is 3. The molecule has 1 atom stereocenters. The van der Waals surface area contributed by atoms with Gasteiger partial charge in [0.25, 0.3) is 0 Å². The van der Waals surface area contributed by atoms with Crippen LogP contribution in [0.3, 0.4) is 0 Å². The molecule has 1 fully saturated rings. The van der Waals surface area contributed by atoms with Gasteiger partial charge in [0.15, 0.2) is 0 Å². The molecule has 0 bridgehead atoms. The quantitative estimate of drug-likeness (QED) is 0.824. The lowest BCUT2D eigenvalue weighted by Crippen LogP contribution is -2.32. The van der Waals surface area contributed by atoms with Crippen molar-refractivity contribution in [1.29, 1.82) is 0 Å². The van der Waals surface area contributed by atoms with Crippen LogP contribution in [-0.4, -0.2) is 21.3 Å². The van der Waals surface area contributed by atoms with Crippen molar-refractivity contribution in [3.05, 3.63) is 11.6 Å². The molecule has 2 heterocycles. The fourth-order valence-electron chi connectivity index (χ4n) is 3.02. The van der Waals surface area contributed by atoms with E-state index in [1.54, 1.807) is 0 Å². The summed E-state index contributed by atoms with van der Waals surface area (Å²) in [5.41, 5.74) is 0. The van der Waals surface area contributed by atoms with Crippen LogP contribution in [0.15, 0.2) is 0 Å². The second kappa shape index (κ2) is 4.17. The minimum absolute atomic E-state index is 0.360. The molecule has 2 aliphatic rings. The van der Waals surface area contributed by atoms with E-state index >= 15 is 0 Å². The van der Waals surface area contributed by atoms with Gasteiger partial charge in [-0.05, 0) is 12.8 Å². The second-order valence-electron chi connectivity index (χ2n) is 5.16. The molecule has 4 nitrogen and oxygen atoms in total. The minimum Gasteiger partial charge on any atom is -0.312 e. The van der Waals surface area contributed by atoms with Gasteiger partial charge in [0.05, 0.1) is 6.04 Å². The van der Waals surface area contributed by atoms with Crippen LogP contribution in [0, 0.1) is 5.92 Å². The smallest absolute Gasteiger partial charge is 0.149 e. The Bertz CT molecular complexity index is 365. The van der Waals surface area contributed by atoms with Crippen molar-refractivity contribution < 1.29 is 0 Å². The van der Waals surface area contributed by atoms with Crippen LogP contribution in [0.5, 0.6) is 0 Å². The molecule has 1 aliphatic heterocycles. The maximum Gasteiger partial charge on any atom is 0.149 e. The normalized spacial score (nSPS) is 25.9. The molecular formula is C12H20N4. The van der Waals surface area contributed by atoms with Crippen LogP contribution >= 0.6 is 0 Å². The highest BCUT2D eigenvalue weighted by Gasteiger charge is 2.24. The first-order valence-electron chi connectivity index (χ1n) is 6.50. The van der Waals surface area contributed by atoms with Gasteiger partial charge in [-0.1, -0.05) is 25.7 Å². The Balaban J connectivity index is 1.79. The number of fused-ring (bicyclic) bond motifs is 1. The molecule has 1 saturated carbocycles. The standard InChI is InChI=1S/C12H20N4/c1-9-12-15-14-11(16(12)7-6-13-9)8-10-4-2-3-5-10/h9-10,13H,2-8H2,1H3. The van der Waals surface area contributed by atoms with Gasteiger partial charge in [-0.15, -0.1) is 10.2 Å². The Morgan fingerprint density at radius 1 is 1.31 bits per heavy atom. The zero-order valence-electron chi connectivity index (χ0n) is 9.95. The largest absolute Gasteiger partial charge is 0.312 e. The Kier molecular flexibility index (Phi) is 2.67. The molecule has 0 amide bonds. The molecule has 1 unspecified atom stereocenters. The van der Waals surface area contributed by atoms with Gasteiger partial charge in [0.2, 0.25) is 0 Å². The van der Waals surface area contributed by atoms with E-state index in [2.05, 4.69) is 27.0 Å². The number of rotatable bonds is 2. The number of nitrogens with zero attached hydrogens (tertiary/aromatic N) is 3. The van der Waals surface area contributed by atoms with E-state index < -0.39 is 0 Å². The second-order valence-corrected chi connectivity index (χ2v) is 5.16. The molecule has 0 aromatic carbocycles. The Hall–Kier alpha value is -0.900. The highest BCUT2D eigenvalue weighted by Crippen LogP contribution is 2.28. The van der Waals surface area contributed by atoms with Crippen LogP contribution in [0.2, 0.25) is 0 Å². The average Bonchev–Trinajstić information content (AvgIpc) is 2.90. The summed E-state index contributed by atoms with van der Waals surface area (Å²) in [5, 5.41) is 12.1. The van der Waals surface area contributed by atoms with Gasteiger partial charge < -0.3 is 9.88 Å². The fourth-order valence-corrected chi connectivity index (χ4v) is 3.02. The van der Waals surface area contributed by atoms with Gasteiger partial charge >= 0.3 is 0 Å². The van der Waals surface area contributed by atoms with Crippen LogP contribution in [0.25, 0.3) is 0 Å². The van der Waals surface area contributed by atoms with Crippen LogP contribution in [0.1, 0.15) is 50.3 Å². The molecule has 88 valence electrons. The van der Waals surface area contributed by atoms with Gasteiger partial charge in [-0.25, -0.2) is 0 Å². The van der Waals surface area contributed by atoms with Crippen molar-refractivity contribution in [2.45, 2.75) is 51.6 Å². The van der Waals surface area contributed by atoms with Crippen molar-refractivity contribution >= 4 is 0 Å². The summed E-state index contributed by atoms with van der Waals surface area (Å²) in [6, 6.07) is 0.360. The summed E-state index contributed by atoms with van der Waals surface area (Å²) >= 11 is 0. The predicted molar refractivity (Wildman–Crippen MR) is 62.1 cm³/mol. The van der Waals surface area contributed by atoms with Crippen molar-refractivity contribution in [3.63, 3.8) is 0 Å². The molecule has 0 radical (unpaired) electrons. The maximum absolute atomic E-state index is 4.38. The number of hydrogen-bond acceptors (Lipinski definition) is 3. The van der Waals surface area contributed by atoms with Crippen LogP contribution < -0.4 is 5.32 Å². The molecule has 1 aliphatic carbocycles. The lowest BCUT2D eigenvalue weighted by Gasteiger charge is -2.22. The summed E-state index contributed by atoms with van der Waals surface area (Å²) in [5.74, 6) is 3.20. The van der Waals surface area contributed by atoms with E-state index in [1.807, 2.05) is 0 Å². The zero-order chi connectivity index (χ0) is 11.0. The van der Waals surface area contributed by atoms with E-state index in [0.717, 1.165) is 31.3 Å². The number of hydrogen-bond donors (Lipinski definition) is 1. The molecule has 0 spiro atoms. The Morgan fingerprint density at radius 2 is 2.12 bits per heavy atom. The first-order valence-corrected chi connectivity index (χ1v) is 6.50. The van der Waals surface area contributed by atoms with Crippen LogP contribution in [0.4, 0.5) is 0 Å². The van der Waals surface area contributed by atoms with E-state index in [1.165, 1.54) is 31.5 Å². The van der Waals surface area contributed by atoms with Crippen LogP contribution in [-0.2, 0) is 13.0 Å². The first-order chi connectivity index (χ1) is 7.84. The molecule has 0 saturated heterocycles. The SMILES string of the molecule is CC1NCCn2c(CC3CCCC3)nnc21. The Morgan fingerprint density at radius 3 is 2.94 bits per heavy atom. The zero-order valence-corrected chi connectivity index (χ0v) is 9.95. The fraction of sp³-hybridized carbons (Fsp3) is 0.833. The third-order valence-corrected chi connectivity index (χ3v) is 3.98. The highest BCUT2D eigenvalue weighted by molar-refractivity contribution is 5.04. The maximum atomic E-state index is 4.38. The molecular weight excluding hydrogens is 200 g/mol. The molecule has 1 aromatic rings. The third-order valence-electron chi connectivity index (χ3n) is 3.98. The summed E-state index contributed by atoms with van der Waals surface area (Å²) < 4.78 is 2.33. The van der Waals surface area contributed by atoms with Crippen molar-refractivity contribution in [1.82, 2.24) is 20.1 Å². The lowest BCUT2D eigenvalue weighted by atomic mass is 10.0. The summed E-state index contributed by atoms with van der Waals surface area (Å²) in [6.07, 6.45) is 6.72. The summed E-state index contributed by atoms with van der Waals surface area (Å²) in [4.78, 5) is 0. The molecule has 4 heteroatoms. The van der Waals surface area contributed by atoms with Gasteiger partial charge in [-0.2, -0.15) is 0 Å². The van der Waals surface area contributed by atoms with E-state index in [4.69, 9.17) is 0 Å². The summed E-state index contributed by atoms with van der Waals surface area (Å²) in [7, 11) is 0. The monoisotopic (exact) mass is 220 g/mol. The Labute approximate surface area is 96.4 Å². The van der Waals surface area contributed by atoms with Crippen molar-refractivity contribution in [3.8, 4) is 0 Å². The topological polar surface area (TPSA) is 42.7 Å². The molecule has 16 heavy (non-hydrogen) atoms. The first kappa shape index (κ1) is 10.3. The van der Waals surface area contributed by atoms with Gasteiger partial charge in [0.1, 0.15) is 11.6 Å². The number of nitrogens with one attached hydrogen (secondary N) is 1. The molecule has 1 N–H and O–H groups in total. The third kappa shape index (κ3) is 1.75. The molecule has 1 aromatic heterocycles. The lowest BCUT2D eigenvalue weighted by molar-refractivity contribution is 0.419. The van der Waals surface area contributed by atoms with E-state index in [0.29, 0.717) is 6.04 Å². The average molecular weight is 220 g/mol. The van der Waals surface area contributed by atoms with Gasteiger partial charge in [0, 0.05) is 19.5 Å². The van der Waals surface area contributed by atoms with E-state index in [9.17, 15) is 0 Å². The van der Waals surface area contributed by atoms with Crippen molar-refractivity contribution in [2.75, 3.05) is 6.54 Å². The van der Waals surface area contributed by atoms with E-state index in [-0.39, 0.29) is 0 Å². The van der Waals surface area contributed by atoms with Gasteiger partial charge in [-0.3, -0.25) is 0 Å². The highest BCUT2D eigenvalue weighted by atomic mass is 15.3. The molecule has 3 rings (SSSR count). The van der Waals surface area contributed by atoms with Crippen molar-refractivity contribution in [2.24, 2.45) is 5.92 Å². The summed E-state index contributed by atoms with van der Waals surface area (Å²) in [6.45, 7) is 4.25. The predicted octanol–water partition coefficient (Wildman–Crippen LogP) is 1.68.